The highest BCUT2D eigenvalue weighted by Crippen LogP contribution is 2.45. The molecule has 0 amide bonds. The fourth-order valence-electron chi connectivity index (χ4n) is 5.25. The van der Waals surface area contributed by atoms with Gasteiger partial charge in [0.2, 0.25) is 0 Å². The van der Waals surface area contributed by atoms with Crippen LogP contribution in [0.3, 0.4) is 0 Å². The molecule has 2 N–H and O–H groups in total. The summed E-state index contributed by atoms with van der Waals surface area (Å²) in [5.41, 5.74) is 4.46. The van der Waals surface area contributed by atoms with E-state index < -0.39 is 5.92 Å². The molecule has 4 aromatic rings. The number of hydrogen-bond donors (Lipinski definition) is 2. The molecule has 7 heteroatoms. The van der Waals surface area contributed by atoms with Crippen molar-refractivity contribution in [2.45, 2.75) is 31.8 Å². The first-order chi connectivity index (χ1) is 18.1. The lowest BCUT2D eigenvalue weighted by atomic mass is 9.77. The molecule has 1 aliphatic carbocycles. The largest absolute Gasteiger partial charge is 0.493 e. The molecular formula is C30H27N3O4. The molecule has 0 saturated carbocycles. The monoisotopic (exact) mass is 493 g/mol. The summed E-state index contributed by atoms with van der Waals surface area (Å²) in [4.78, 5) is 27.0. The SMILES string of the molecule is COc1cc([C@H]2C3=C(CCCC3=O)Nc3[nH]n(-c4ccccc4)c(=O)c32)ccc1OCc1ccccc1. The summed E-state index contributed by atoms with van der Waals surface area (Å²) in [6.07, 6.45) is 2.01. The number of hydrogen-bond acceptors (Lipinski definition) is 5. The van der Waals surface area contributed by atoms with Crippen molar-refractivity contribution in [2.24, 2.45) is 0 Å². The zero-order valence-corrected chi connectivity index (χ0v) is 20.5. The van der Waals surface area contributed by atoms with Crippen molar-refractivity contribution in [1.29, 1.82) is 0 Å². The smallest absolute Gasteiger partial charge is 0.277 e. The number of H-pyrrole nitrogens is 1. The zero-order chi connectivity index (χ0) is 25.4. The molecule has 1 aliphatic heterocycles. The van der Waals surface area contributed by atoms with Crippen molar-refractivity contribution in [3.63, 3.8) is 0 Å². The van der Waals surface area contributed by atoms with E-state index in [4.69, 9.17) is 9.47 Å². The molecule has 0 unspecified atom stereocenters. The second-order valence-electron chi connectivity index (χ2n) is 9.29. The highest BCUT2D eigenvalue weighted by Gasteiger charge is 2.39. The Morgan fingerprint density at radius 1 is 0.919 bits per heavy atom. The minimum Gasteiger partial charge on any atom is -0.493 e. The van der Waals surface area contributed by atoms with Gasteiger partial charge in [0.1, 0.15) is 12.4 Å². The molecule has 1 atom stereocenters. The van der Waals surface area contributed by atoms with Crippen LogP contribution in [0.5, 0.6) is 11.5 Å². The highest BCUT2D eigenvalue weighted by molar-refractivity contribution is 6.01. The Morgan fingerprint density at radius 3 is 2.43 bits per heavy atom. The van der Waals surface area contributed by atoms with Crippen molar-refractivity contribution in [3.05, 3.63) is 117 Å². The quantitative estimate of drug-likeness (QED) is 0.380. The Morgan fingerprint density at radius 2 is 1.68 bits per heavy atom. The maximum Gasteiger partial charge on any atom is 0.277 e. The van der Waals surface area contributed by atoms with Crippen LogP contribution in [-0.2, 0) is 11.4 Å². The van der Waals surface area contributed by atoms with E-state index >= 15 is 0 Å². The van der Waals surface area contributed by atoms with E-state index in [9.17, 15) is 9.59 Å². The third kappa shape index (κ3) is 4.12. The number of fused-ring (bicyclic) bond motifs is 1. The Bertz CT molecular complexity index is 1550. The second kappa shape index (κ2) is 9.50. The van der Waals surface area contributed by atoms with Crippen LogP contribution < -0.4 is 20.3 Å². The molecule has 1 aromatic heterocycles. The first kappa shape index (κ1) is 22.9. The molecule has 6 rings (SSSR count). The number of rotatable bonds is 6. The lowest BCUT2D eigenvalue weighted by Crippen LogP contribution is -2.29. The number of ketones is 1. The van der Waals surface area contributed by atoms with Gasteiger partial charge in [-0.1, -0.05) is 54.6 Å². The number of carbonyl (C=O) groups is 1. The Kier molecular flexibility index (Phi) is 5.88. The predicted molar refractivity (Wildman–Crippen MR) is 142 cm³/mol. The van der Waals surface area contributed by atoms with Gasteiger partial charge in [-0.15, -0.1) is 0 Å². The van der Waals surface area contributed by atoms with Gasteiger partial charge in [-0.25, -0.2) is 4.68 Å². The third-order valence-corrected chi connectivity index (χ3v) is 7.01. The fourth-order valence-corrected chi connectivity index (χ4v) is 5.25. The van der Waals surface area contributed by atoms with Gasteiger partial charge < -0.3 is 14.8 Å². The van der Waals surface area contributed by atoms with E-state index in [0.29, 0.717) is 41.5 Å². The summed E-state index contributed by atoms with van der Waals surface area (Å²) in [5.74, 6) is 1.34. The van der Waals surface area contributed by atoms with Crippen LogP contribution in [-0.4, -0.2) is 22.7 Å². The maximum atomic E-state index is 13.8. The van der Waals surface area contributed by atoms with E-state index in [-0.39, 0.29) is 11.3 Å². The Balaban J connectivity index is 1.44. The van der Waals surface area contributed by atoms with Crippen molar-refractivity contribution in [2.75, 3.05) is 12.4 Å². The summed E-state index contributed by atoms with van der Waals surface area (Å²) in [5, 5.41) is 6.60. The molecule has 7 nitrogen and oxygen atoms in total. The Hall–Kier alpha value is -4.52. The van der Waals surface area contributed by atoms with E-state index in [1.165, 1.54) is 4.68 Å². The van der Waals surface area contributed by atoms with Crippen LogP contribution in [0.15, 0.2) is 94.9 Å². The van der Waals surface area contributed by atoms with E-state index in [2.05, 4.69) is 10.4 Å². The van der Waals surface area contributed by atoms with Gasteiger partial charge in [-0.2, -0.15) is 0 Å². The van der Waals surface area contributed by atoms with Crippen molar-refractivity contribution >= 4 is 11.6 Å². The topological polar surface area (TPSA) is 85.4 Å². The van der Waals surface area contributed by atoms with Crippen LogP contribution >= 0.6 is 0 Å². The minimum absolute atomic E-state index is 0.0691. The van der Waals surface area contributed by atoms with Gasteiger partial charge in [0, 0.05) is 23.6 Å². The van der Waals surface area contributed by atoms with Gasteiger partial charge >= 0.3 is 0 Å². The summed E-state index contributed by atoms with van der Waals surface area (Å²) >= 11 is 0. The molecule has 186 valence electrons. The third-order valence-electron chi connectivity index (χ3n) is 7.01. The number of Topliss-reactive ketones (excluding diaryl/α,β-unsaturated/α-hetero) is 1. The van der Waals surface area contributed by atoms with Crippen LogP contribution in [0.2, 0.25) is 0 Å². The number of ether oxygens (including phenoxy) is 2. The zero-order valence-electron chi connectivity index (χ0n) is 20.5. The van der Waals surface area contributed by atoms with Crippen molar-refractivity contribution in [3.8, 4) is 17.2 Å². The van der Waals surface area contributed by atoms with Crippen LogP contribution in [0, 0.1) is 0 Å². The summed E-state index contributed by atoms with van der Waals surface area (Å²) < 4.78 is 13.3. The van der Waals surface area contributed by atoms with Gasteiger partial charge in [0.25, 0.3) is 5.56 Å². The first-order valence-electron chi connectivity index (χ1n) is 12.4. The van der Waals surface area contributed by atoms with E-state index in [1.54, 1.807) is 7.11 Å². The number of anilines is 1. The van der Waals surface area contributed by atoms with Crippen LogP contribution in [0.25, 0.3) is 5.69 Å². The lowest BCUT2D eigenvalue weighted by molar-refractivity contribution is -0.116. The predicted octanol–water partition coefficient (Wildman–Crippen LogP) is 5.32. The normalized spacial score (nSPS) is 16.6. The lowest BCUT2D eigenvalue weighted by Gasteiger charge is -2.31. The summed E-state index contributed by atoms with van der Waals surface area (Å²) in [7, 11) is 1.59. The molecule has 3 aromatic carbocycles. The van der Waals surface area contributed by atoms with E-state index in [1.807, 2.05) is 78.9 Å². The standard InChI is InChI=1S/C30H27N3O4/c1-36-25-17-20(15-16-24(25)37-18-19-9-4-2-5-10-19)26-27-22(13-8-14-23(27)34)31-29-28(26)30(35)33(32-29)21-11-6-3-7-12-21/h2-7,9-12,15-17,26,31-32H,8,13-14,18H2,1H3/t26-/m0/s1. The molecule has 2 heterocycles. The van der Waals surface area contributed by atoms with Crippen LogP contribution in [0.1, 0.15) is 41.9 Å². The summed E-state index contributed by atoms with van der Waals surface area (Å²) in [6, 6.07) is 25.0. The van der Waals surface area contributed by atoms with E-state index in [0.717, 1.165) is 35.4 Å². The maximum absolute atomic E-state index is 13.8. The molecule has 37 heavy (non-hydrogen) atoms. The van der Waals surface area contributed by atoms with Gasteiger partial charge in [-0.05, 0) is 48.2 Å². The highest BCUT2D eigenvalue weighted by atomic mass is 16.5. The minimum atomic E-state index is -0.509. The molecule has 0 fully saturated rings. The number of aromatic amines is 1. The molecule has 0 bridgehead atoms. The average molecular weight is 494 g/mol. The van der Waals surface area contributed by atoms with Gasteiger partial charge in [-0.3, -0.25) is 14.7 Å². The number of aromatic nitrogens is 2. The van der Waals surface area contributed by atoms with Crippen LogP contribution in [0.4, 0.5) is 5.82 Å². The fraction of sp³-hybridized carbons (Fsp3) is 0.200. The number of methoxy groups -OCH3 is 1. The number of nitrogens with one attached hydrogen (secondary N) is 2. The molecule has 2 aliphatic rings. The number of allylic oxidation sites excluding steroid dienone is 2. The van der Waals surface area contributed by atoms with Gasteiger partial charge in [0.05, 0.1) is 18.4 Å². The molecular weight excluding hydrogens is 466 g/mol. The Labute approximate surface area is 214 Å². The second-order valence-corrected chi connectivity index (χ2v) is 9.29. The first-order valence-corrected chi connectivity index (χ1v) is 12.4. The molecule has 0 radical (unpaired) electrons. The average Bonchev–Trinajstić information content (AvgIpc) is 3.27. The number of para-hydroxylation sites is 1. The van der Waals surface area contributed by atoms with Crippen molar-refractivity contribution in [1.82, 2.24) is 9.78 Å². The van der Waals surface area contributed by atoms with Crippen molar-refractivity contribution < 1.29 is 14.3 Å². The number of carbonyl (C=O) groups excluding carboxylic acids is 1. The van der Waals surface area contributed by atoms with Gasteiger partial charge in [0.15, 0.2) is 17.3 Å². The molecule has 0 saturated heterocycles. The summed E-state index contributed by atoms with van der Waals surface area (Å²) in [6.45, 7) is 0.404. The number of benzene rings is 3. The molecule has 0 spiro atoms. The number of nitrogens with zero attached hydrogens (tertiary/aromatic N) is 1.